The first-order valence-corrected chi connectivity index (χ1v) is 5.45. The molecule has 0 saturated heterocycles. The van der Waals surface area contributed by atoms with Crippen LogP contribution < -0.4 is 10.6 Å². The van der Waals surface area contributed by atoms with Crippen LogP contribution in [0, 0.1) is 0 Å². The fourth-order valence-electron chi connectivity index (χ4n) is 1.92. The minimum Gasteiger partial charge on any atom is -0.480 e. The summed E-state index contributed by atoms with van der Waals surface area (Å²) in [6.07, 6.45) is 3.49. The van der Waals surface area contributed by atoms with E-state index in [1.54, 1.807) is 0 Å². The number of hydrogen-bond acceptors (Lipinski definition) is 3. The van der Waals surface area contributed by atoms with Gasteiger partial charge in [0.2, 0.25) is 11.8 Å². The van der Waals surface area contributed by atoms with Gasteiger partial charge in [0.25, 0.3) is 0 Å². The zero-order valence-corrected chi connectivity index (χ0v) is 9.49. The van der Waals surface area contributed by atoms with E-state index in [-0.39, 0.29) is 6.54 Å². The van der Waals surface area contributed by atoms with Crippen LogP contribution in [-0.4, -0.2) is 35.0 Å². The van der Waals surface area contributed by atoms with E-state index < -0.39 is 23.3 Å². The summed E-state index contributed by atoms with van der Waals surface area (Å²) < 4.78 is 0. The van der Waals surface area contributed by atoms with Crippen molar-refractivity contribution in [3.05, 3.63) is 12.7 Å². The Kier molecular flexibility index (Phi) is 4.25. The maximum atomic E-state index is 11.5. The van der Waals surface area contributed by atoms with Crippen LogP contribution in [0.5, 0.6) is 0 Å². The molecular weight excluding hydrogens is 224 g/mol. The molecule has 0 radical (unpaired) electrons. The van der Waals surface area contributed by atoms with E-state index in [1.165, 1.54) is 0 Å². The van der Waals surface area contributed by atoms with Gasteiger partial charge in [-0.25, -0.2) is 4.79 Å². The van der Waals surface area contributed by atoms with E-state index in [1.807, 2.05) is 0 Å². The Morgan fingerprint density at radius 2 is 1.88 bits per heavy atom. The molecule has 0 heterocycles. The zero-order chi connectivity index (χ0) is 12.9. The average Bonchev–Trinajstić information content (AvgIpc) is 2.75. The molecule has 3 N–H and O–H groups in total. The lowest BCUT2D eigenvalue weighted by Gasteiger charge is -2.25. The second-order valence-electron chi connectivity index (χ2n) is 4.06. The first-order valence-electron chi connectivity index (χ1n) is 5.45. The van der Waals surface area contributed by atoms with Gasteiger partial charge in [-0.05, 0) is 18.9 Å². The van der Waals surface area contributed by atoms with Crippen LogP contribution in [0.15, 0.2) is 12.7 Å². The molecule has 17 heavy (non-hydrogen) atoms. The molecule has 1 aliphatic rings. The van der Waals surface area contributed by atoms with Crippen molar-refractivity contribution in [3.8, 4) is 0 Å². The summed E-state index contributed by atoms with van der Waals surface area (Å²) in [5.41, 5.74) is -1.16. The van der Waals surface area contributed by atoms with Gasteiger partial charge in [-0.3, -0.25) is 9.59 Å². The Labute approximate surface area is 99.1 Å². The highest BCUT2D eigenvalue weighted by Crippen LogP contribution is 2.29. The molecule has 1 rings (SSSR count). The first kappa shape index (κ1) is 13.2. The predicted octanol–water partition coefficient (Wildman–Crippen LogP) is -0.198. The fraction of sp³-hybridized carbons (Fsp3) is 0.545. The van der Waals surface area contributed by atoms with Gasteiger partial charge >= 0.3 is 5.97 Å². The lowest BCUT2D eigenvalue weighted by atomic mass is 9.98. The van der Waals surface area contributed by atoms with Crippen LogP contribution in [0.2, 0.25) is 0 Å². The fourth-order valence-corrected chi connectivity index (χ4v) is 1.92. The molecular formula is C11H16N2O4. The third-order valence-electron chi connectivity index (χ3n) is 2.85. The normalized spacial score (nSPS) is 17.2. The van der Waals surface area contributed by atoms with Crippen molar-refractivity contribution in [2.45, 2.75) is 31.2 Å². The molecule has 1 aliphatic carbocycles. The van der Waals surface area contributed by atoms with Crippen LogP contribution >= 0.6 is 0 Å². The van der Waals surface area contributed by atoms with Crippen LogP contribution in [0.25, 0.3) is 0 Å². The van der Waals surface area contributed by atoms with Crippen molar-refractivity contribution in [1.82, 2.24) is 10.6 Å². The third kappa shape index (κ3) is 3.30. The molecule has 6 nitrogen and oxygen atoms in total. The lowest BCUT2D eigenvalue weighted by molar-refractivity contribution is -0.147. The number of carbonyl (C=O) groups excluding carboxylic acids is 2. The highest BCUT2D eigenvalue weighted by molar-refractivity contribution is 5.92. The molecule has 1 saturated carbocycles. The highest BCUT2D eigenvalue weighted by atomic mass is 16.4. The summed E-state index contributed by atoms with van der Waals surface area (Å²) in [4.78, 5) is 33.5. The summed E-state index contributed by atoms with van der Waals surface area (Å²) in [7, 11) is 0. The monoisotopic (exact) mass is 240 g/mol. The van der Waals surface area contributed by atoms with E-state index in [0.717, 1.165) is 18.9 Å². The smallest absolute Gasteiger partial charge is 0.329 e. The Morgan fingerprint density at radius 3 is 2.35 bits per heavy atom. The Morgan fingerprint density at radius 1 is 1.29 bits per heavy atom. The van der Waals surface area contributed by atoms with Crippen molar-refractivity contribution < 1.29 is 19.5 Å². The minimum absolute atomic E-state index is 0.236. The van der Waals surface area contributed by atoms with E-state index in [4.69, 9.17) is 5.11 Å². The lowest BCUT2D eigenvalue weighted by Crippen LogP contribution is -2.54. The van der Waals surface area contributed by atoms with E-state index in [2.05, 4.69) is 17.2 Å². The van der Waals surface area contributed by atoms with E-state index in [9.17, 15) is 14.4 Å². The van der Waals surface area contributed by atoms with Gasteiger partial charge < -0.3 is 15.7 Å². The number of carboxylic acids is 1. The van der Waals surface area contributed by atoms with Gasteiger partial charge in [0.15, 0.2) is 0 Å². The quantitative estimate of drug-likeness (QED) is 0.580. The molecule has 0 unspecified atom stereocenters. The maximum Gasteiger partial charge on any atom is 0.329 e. The number of aliphatic carboxylic acids is 1. The Hall–Kier alpha value is -1.85. The maximum absolute atomic E-state index is 11.5. The van der Waals surface area contributed by atoms with Gasteiger partial charge in [0.1, 0.15) is 5.54 Å². The van der Waals surface area contributed by atoms with Gasteiger partial charge in [-0.2, -0.15) is 0 Å². The predicted molar refractivity (Wildman–Crippen MR) is 60.2 cm³/mol. The number of amides is 2. The van der Waals surface area contributed by atoms with Crippen molar-refractivity contribution in [2.24, 2.45) is 0 Å². The molecule has 0 spiro atoms. The molecule has 94 valence electrons. The number of carbonyl (C=O) groups is 3. The van der Waals surface area contributed by atoms with Crippen molar-refractivity contribution in [2.75, 3.05) is 6.54 Å². The average molecular weight is 240 g/mol. The van der Waals surface area contributed by atoms with Gasteiger partial charge in [0, 0.05) is 0 Å². The van der Waals surface area contributed by atoms with Crippen LogP contribution in [0.1, 0.15) is 25.7 Å². The topological polar surface area (TPSA) is 95.5 Å². The molecule has 6 heteroatoms. The number of hydrogen-bond donors (Lipinski definition) is 3. The minimum atomic E-state index is -1.16. The Balaban J connectivity index is 2.51. The van der Waals surface area contributed by atoms with Gasteiger partial charge in [-0.15, -0.1) is 0 Å². The van der Waals surface area contributed by atoms with E-state index in [0.29, 0.717) is 12.8 Å². The summed E-state index contributed by atoms with van der Waals surface area (Å²) in [6, 6.07) is 0. The SMILES string of the molecule is C=CC(=O)NCC(=O)NC1(C(=O)O)CCCC1. The molecule has 0 aromatic carbocycles. The second-order valence-corrected chi connectivity index (χ2v) is 4.06. The number of rotatable bonds is 5. The van der Waals surface area contributed by atoms with Crippen molar-refractivity contribution in [1.29, 1.82) is 0 Å². The van der Waals surface area contributed by atoms with Crippen molar-refractivity contribution >= 4 is 17.8 Å². The summed E-state index contributed by atoms with van der Waals surface area (Å²) >= 11 is 0. The molecule has 0 bridgehead atoms. The van der Waals surface area contributed by atoms with E-state index >= 15 is 0 Å². The van der Waals surface area contributed by atoms with Crippen molar-refractivity contribution in [3.63, 3.8) is 0 Å². The third-order valence-corrected chi connectivity index (χ3v) is 2.85. The van der Waals surface area contributed by atoms with Gasteiger partial charge in [0.05, 0.1) is 6.54 Å². The largest absolute Gasteiger partial charge is 0.480 e. The number of nitrogens with one attached hydrogen (secondary N) is 2. The van der Waals surface area contributed by atoms with Crippen LogP contribution in [0.3, 0.4) is 0 Å². The molecule has 2 amide bonds. The zero-order valence-electron chi connectivity index (χ0n) is 9.49. The number of carboxylic acid groups (broad SMARTS) is 1. The molecule has 0 atom stereocenters. The van der Waals surface area contributed by atoms with Gasteiger partial charge in [-0.1, -0.05) is 19.4 Å². The molecule has 0 aromatic heterocycles. The Bertz CT molecular complexity index is 345. The summed E-state index contributed by atoms with van der Waals surface area (Å²) in [5, 5.41) is 13.9. The summed E-state index contributed by atoms with van der Waals surface area (Å²) in [6.45, 7) is 3.01. The molecule has 1 fully saturated rings. The standard InChI is InChI=1S/C11H16N2O4/c1-2-8(14)12-7-9(15)13-11(10(16)17)5-3-4-6-11/h2H,1,3-7H2,(H,12,14)(H,13,15)(H,16,17). The second kappa shape index (κ2) is 5.47. The molecule has 0 aromatic rings. The summed E-state index contributed by atoms with van der Waals surface area (Å²) in [5.74, 6) is -1.97. The van der Waals surface area contributed by atoms with Crippen LogP contribution in [-0.2, 0) is 14.4 Å². The molecule has 0 aliphatic heterocycles. The van der Waals surface area contributed by atoms with Crippen LogP contribution in [0.4, 0.5) is 0 Å². The highest BCUT2D eigenvalue weighted by Gasteiger charge is 2.42. The first-order chi connectivity index (χ1) is 8.00.